The number of phenolic OH excluding ortho intramolecular Hbond substituents is 2. The van der Waals surface area contributed by atoms with E-state index in [1.807, 2.05) is 0 Å². The van der Waals surface area contributed by atoms with Gasteiger partial charge in [-0.3, -0.25) is 23.7 Å². The molecule has 2 unspecified atom stereocenters. The zero-order valence-electron chi connectivity index (χ0n) is 33.1. The van der Waals surface area contributed by atoms with Crippen LogP contribution in [0.4, 0.5) is 40.8 Å². The third-order valence-corrected chi connectivity index (χ3v) is 11.1. The molecule has 1 amide bonds. The fourth-order valence-corrected chi connectivity index (χ4v) is 8.37. The van der Waals surface area contributed by atoms with Gasteiger partial charge in [-0.05, 0) is 105 Å². The predicted octanol–water partition coefficient (Wildman–Crippen LogP) is 9.77. The van der Waals surface area contributed by atoms with Crippen LogP contribution >= 0.6 is 0 Å². The van der Waals surface area contributed by atoms with Crippen molar-refractivity contribution in [2.75, 3.05) is 4.90 Å². The van der Waals surface area contributed by atoms with Gasteiger partial charge in [-0.1, -0.05) is 20.8 Å². The number of nitrogens with zero attached hydrogens (tertiary/aromatic N) is 2. The molecule has 0 spiro atoms. The van der Waals surface area contributed by atoms with Crippen LogP contribution < -0.4 is 14.4 Å². The summed E-state index contributed by atoms with van der Waals surface area (Å²) in [6.07, 6.45) is -10.9. The maximum atomic E-state index is 16.2. The number of fused-ring (bicyclic) bond motifs is 2. The van der Waals surface area contributed by atoms with E-state index in [1.165, 1.54) is 30.9 Å². The van der Waals surface area contributed by atoms with E-state index in [0.717, 1.165) is 65.2 Å². The average molecular weight is 877 g/mol. The summed E-state index contributed by atoms with van der Waals surface area (Å²) in [4.78, 5) is 57.2. The number of benzene rings is 4. The van der Waals surface area contributed by atoms with Crippen LogP contribution in [-0.2, 0) is 20.7 Å². The Balaban J connectivity index is 1.34. The molecule has 0 saturated carbocycles. The molecule has 0 radical (unpaired) electrons. The number of carbonyl (C=O) groups is 4. The predicted molar refractivity (Wildman–Crippen MR) is 204 cm³/mol. The molecule has 2 heterocycles. The Kier molecular flexibility index (Phi) is 12.1. The number of hydrogen-bond donors (Lipinski definition) is 2. The van der Waals surface area contributed by atoms with Gasteiger partial charge in [0.1, 0.15) is 11.5 Å². The first-order valence-electron chi connectivity index (χ1n) is 18.9. The second-order valence-corrected chi connectivity index (χ2v) is 14.4. The monoisotopic (exact) mass is 876 g/mol. The molecule has 11 nitrogen and oxygen atoms in total. The van der Waals surface area contributed by atoms with Gasteiger partial charge in [-0.2, -0.15) is 0 Å². The zero-order valence-corrected chi connectivity index (χ0v) is 33.1. The topological polar surface area (TPSA) is 145 Å². The normalized spacial score (nSPS) is 15.3. The second-order valence-electron chi connectivity index (χ2n) is 14.4. The SMILES string of the molecule is CCC(C(=O)OC(=O)Cc1c(C)n(C(=O)c2ccc(OC(F)(F)F)cc2)c2ccc(O)c(F)c12)C1c2c(ccc(O)c2F)N(C(=O)c2ccc(OC(F)(F)F)cc2)C1(CC)CC. The molecule has 6 rings (SSSR count). The summed E-state index contributed by atoms with van der Waals surface area (Å²) < 4.78 is 123. The standard InChI is InChI=1S/C43H36F8N2O9/c1-5-26(35-34-29(17-19-31(55)37(34)45)53(41(35,6-2)7-3)39(58)23-10-14-25(15-11-23)62-43(49,50)51)40(59)60-32(56)20-27-21(4)52(28-16-18-30(54)36(44)33(27)28)38(57)22-8-12-24(13-9-22)61-42(46,47)48/h8-19,26,35,54-55H,5-7,20H2,1-4H3. The summed E-state index contributed by atoms with van der Waals surface area (Å²) in [5, 5.41) is 20.4. The molecule has 62 heavy (non-hydrogen) atoms. The number of alkyl halides is 6. The van der Waals surface area contributed by atoms with Gasteiger partial charge in [-0.25, -0.2) is 8.78 Å². The number of rotatable bonds is 11. The first-order valence-corrected chi connectivity index (χ1v) is 18.9. The van der Waals surface area contributed by atoms with Crippen LogP contribution in [0.1, 0.15) is 83.5 Å². The Bertz CT molecular complexity index is 2560. The van der Waals surface area contributed by atoms with Gasteiger partial charge >= 0.3 is 24.7 Å². The van der Waals surface area contributed by atoms with Gasteiger partial charge in [0, 0.05) is 33.7 Å². The summed E-state index contributed by atoms with van der Waals surface area (Å²) in [5.74, 6) is -12.2. The number of ether oxygens (including phenoxy) is 3. The van der Waals surface area contributed by atoms with Crippen LogP contribution in [0.25, 0.3) is 10.9 Å². The molecule has 2 N–H and O–H groups in total. The number of carbonyl (C=O) groups excluding carboxylic acids is 4. The lowest BCUT2D eigenvalue weighted by atomic mass is 9.70. The quantitative estimate of drug-likeness (QED) is 0.0753. The van der Waals surface area contributed by atoms with Crippen LogP contribution in [0, 0.1) is 24.5 Å². The summed E-state index contributed by atoms with van der Waals surface area (Å²) in [7, 11) is 0. The van der Waals surface area contributed by atoms with E-state index in [1.54, 1.807) is 13.8 Å². The molecular formula is C43H36F8N2O9. The van der Waals surface area contributed by atoms with Gasteiger partial charge < -0.3 is 29.3 Å². The maximum absolute atomic E-state index is 16.2. The molecule has 1 aliphatic rings. The molecule has 0 saturated heterocycles. The molecule has 19 heteroatoms. The van der Waals surface area contributed by atoms with Crippen molar-refractivity contribution in [2.24, 2.45) is 5.92 Å². The van der Waals surface area contributed by atoms with E-state index >= 15 is 8.78 Å². The van der Waals surface area contributed by atoms with Gasteiger partial charge in [0.15, 0.2) is 23.1 Å². The van der Waals surface area contributed by atoms with Crippen molar-refractivity contribution in [2.45, 2.75) is 77.6 Å². The van der Waals surface area contributed by atoms with Crippen LogP contribution in [0.3, 0.4) is 0 Å². The lowest BCUT2D eigenvalue weighted by molar-refractivity contribution is -0.275. The number of aromatic nitrogens is 1. The fraction of sp³-hybridized carbons (Fsp3) is 0.302. The van der Waals surface area contributed by atoms with Crippen LogP contribution in [0.5, 0.6) is 23.0 Å². The van der Waals surface area contributed by atoms with Gasteiger partial charge in [0.25, 0.3) is 11.8 Å². The third-order valence-electron chi connectivity index (χ3n) is 11.1. The molecule has 4 aromatic carbocycles. The highest BCUT2D eigenvalue weighted by atomic mass is 19.4. The summed E-state index contributed by atoms with van der Waals surface area (Å²) in [6.45, 7) is 6.15. The molecule has 0 fully saturated rings. The first kappa shape index (κ1) is 44.9. The highest BCUT2D eigenvalue weighted by Crippen LogP contribution is 2.57. The minimum Gasteiger partial charge on any atom is -0.505 e. The lowest BCUT2D eigenvalue weighted by Crippen LogP contribution is -2.53. The second kappa shape index (κ2) is 16.7. The Labute approximate surface area is 347 Å². The van der Waals surface area contributed by atoms with Crippen molar-refractivity contribution in [1.29, 1.82) is 0 Å². The summed E-state index contributed by atoms with van der Waals surface area (Å²) in [6, 6.07) is 12.2. The molecule has 0 aliphatic carbocycles. The van der Waals surface area contributed by atoms with E-state index in [9.17, 15) is 55.7 Å². The van der Waals surface area contributed by atoms with Crippen molar-refractivity contribution in [3.05, 3.63) is 112 Å². The van der Waals surface area contributed by atoms with Crippen LogP contribution in [0.2, 0.25) is 0 Å². The third kappa shape index (κ3) is 8.22. The minimum atomic E-state index is -5.01. The van der Waals surface area contributed by atoms with E-state index < -0.39 is 100 Å². The van der Waals surface area contributed by atoms with Crippen LogP contribution in [0.15, 0.2) is 72.8 Å². The molecular weight excluding hydrogens is 840 g/mol. The number of hydrogen-bond acceptors (Lipinski definition) is 9. The minimum absolute atomic E-state index is 0.0510. The molecule has 1 aromatic heterocycles. The van der Waals surface area contributed by atoms with Gasteiger partial charge in [0.2, 0.25) is 0 Å². The fourth-order valence-electron chi connectivity index (χ4n) is 8.37. The van der Waals surface area contributed by atoms with E-state index in [4.69, 9.17) is 4.74 Å². The lowest BCUT2D eigenvalue weighted by Gasteiger charge is -2.43. The Hall–Kier alpha value is -6.66. The van der Waals surface area contributed by atoms with E-state index in [2.05, 4.69) is 9.47 Å². The Morgan fingerprint density at radius 3 is 1.73 bits per heavy atom. The summed E-state index contributed by atoms with van der Waals surface area (Å²) in [5.41, 5.74) is -2.50. The smallest absolute Gasteiger partial charge is 0.505 e. The van der Waals surface area contributed by atoms with Gasteiger partial charge in [-0.15, -0.1) is 26.3 Å². The number of phenols is 2. The largest absolute Gasteiger partial charge is 0.573 e. The zero-order chi connectivity index (χ0) is 45.6. The van der Waals surface area contributed by atoms with E-state index in [0.29, 0.717) is 0 Å². The molecule has 1 aliphatic heterocycles. The van der Waals surface area contributed by atoms with Crippen molar-refractivity contribution >= 4 is 40.3 Å². The average Bonchev–Trinajstić information content (AvgIpc) is 3.65. The van der Waals surface area contributed by atoms with E-state index in [-0.39, 0.29) is 58.4 Å². The Morgan fingerprint density at radius 1 is 0.726 bits per heavy atom. The molecule has 0 bridgehead atoms. The number of amides is 1. The van der Waals surface area contributed by atoms with Crippen molar-refractivity contribution in [1.82, 2.24) is 4.57 Å². The van der Waals surface area contributed by atoms with Gasteiger partial charge in [0.05, 0.1) is 29.1 Å². The number of halogens is 8. The highest BCUT2D eigenvalue weighted by Gasteiger charge is 2.57. The Morgan fingerprint density at radius 2 is 1.23 bits per heavy atom. The first-order chi connectivity index (χ1) is 29.1. The summed E-state index contributed by atoms with van der Waals surface area (Å²) >= 11 is 0. The van der Waals surface area contributed by atoms with Crippen molar-refractivity contribution in [3.63, 3.8) is 0 Å². The number of esters is 2. The van der Waals surface area contributed by atoms with Crippen molar-refractivity contribution < 1.29 is 78.7 Å². The van der Waals surface area contributed by atoms with Crippen LogP contribution in [-0.4, -0.2) is 56.8 Å². The molecule has 5 aromatic rings. The highest BCUT2D eigenvalue weighted by molar-refractivity contribution is 6.09. The van der Waals surface area contributed by atoms with Crippen molar-refractivity contribution in [3.8, 4) is 23.0 Å². The molecule has 2 atom stereocenters. The number of aromatic hydroxyl groups is 2. The number of anilines is 1. The molecule has 328 valence electrons. The maximum Gasteiger partial charge on any atom is 0.573 e.